The molecule has 0 heterocycles. The standard InChI is InChI=1S/C37H39NS/c1-5-38(4)36(27(2)3)26-39-25-29-15-17-30(18-16-29)31-19-21-32(22-20-31)37-34(23-28-11-7-6-8-12-28)24-33-13-9-10-14-35(33)37/h6-22,36H,2,5,23-26H2,1,3-4H3. The number of rotatable bonds is 11. The lowest BCUT2D eigenvalue weighted by atomic mass is 9.93. The number of likely N-dealkylation sites (N-methyl/N-ethyl adjacent to an activating group) is 1. The Kier molecular flexibility index (Phi) is 8.86. The highest BCUT2D eigenvalue weighted by Gasteiger charge is 2.22. The molecule has 4 aromatic carbocycles. The van der Waals surface area contributed by atoms with Gasteiger partial charge in [-0.15, -0.1) is 0 Å². The van der Waals surface area contributed by atoms with Crippen LogP contribution >= 0.6 is 11.8 Å². The van der Waals surface area contributed by atoms with Crippen molar-refractivity contribution in [3.63, 3.8) is 0 Å². The normalized spacial score (nSPS) is 13.5. The topological polar surface area (TPSA) is 3.24 Å². The van der Waals surface area contributed by atoms with Gasteiger partial charge in [-0.25, -0.2) is 0 Å². The van der Waals surface area contributed by atoms with E-state index in [1.807, 2.05) is 11.8 Å². The third-order valence-electron chi connectivity index (χ3n) is 7.91. The minimum absolute atomic E-state index is 0.438. The van der Waals surface area contributed by atoms with Crippen LogP contribution in [0.4, 0.5) is 0 Å². The third-order valence-corrected chi connectivity index (χ3v) is 9.00. The van der Waals surface area contributed by atoms with Crippen molar-refractivity contribution in [2.24, 2.45) is 0 Å². The second-order valence-corrected chi connectivity index (χ2v) is 11.7. The summed E-state index contributed by atoms with van der Waals surface area (Å²) in [6.45, 7) is 9.60. The minimum Gasteiger partial charge on any atom is -0.299 e. The Labute approximate surface area is 239 Å². The molecule has 0 radical (unpaired) electrons. The van der Waals surface area contributed by atoms with Gasteiger partial charge in [-0.05, 0) is 77.9 Å². The molecular formula is C37H39NS. The SMILES string of the molecule is C=C(C)C(CSCc1ccc(-c2ccc(C3=C(Cc4ccccc4)Cc4ccccc43)cc2)cc1)N(C)CC. The second-order valence-electron chi connectivity index (χ2n) is 10.7. The lowest BCUT2D eigenvalue weighted by Gasteiger charge is -2.27. The molecule has 0 amide bonds. The number of benzene rings is 4. The predicted molar refractivity (Wildman–Crippen MR) is 171 cm³/mol. The van der Waals surface area contributed by atoms with Gasteiger partial charge in [0.1, 0.15) is 0 Å². The van der Waals surface area contributed by atoms with Crippen LogP contribution in [0.25, 0.3) is 16.7 Å². The fraction of sp³-hybridized carbons (Fsp3) is 0.243. The molecule has 0 fully saturated rings. The van der Waals surface area contributed by atoms with Crippen molar-refractivity contribution >= 4 is 17.3 Å². The summed E-state index contributed by atoms with van der Waals surface area (Å²) in [4.78, 5) is 2.38. The number of thioether (sulfide) groups is 1. The van der Waals surface area contributed by atoms with Gasteiger partial charge in [0.15, 0.2) is 0 Å². The van der Waals surface area contributed by atoms with E-state index in [4.69, 9.17) is 0 Å². The Bertz CT molecular complexity index is 1430. The molecule has 1 aliphatic rings. The molecule has 0 spiro atoms. The zero-order valence-corrected chi connectivity index (χ0v) is 24.3. The van der Waals surface area contributed by atoms with Gasteiger partial charge >= 0.3 is 0 Å². The summed E-state index contributed by atoms with van der Waals surface area (Å²) >= 11 is 1.99. The van der Waals surface area contributed by atoms with E-state index in [0.29, 0.717) is 6.04 Å². The molecule has 4 aromatic rings. The molecular weight excluding hydrogens is 490 g/mol. The molecule has 0 N–H and O–H groups in total. The molecule has 1 aliphatic carbocycles. The summed E-state index contributed by atoms with van der Waals surface area (Å²) in [7, 11) is 2.19. The largest absolute Gasteiger partial charge is 0.299 e. The fourth-order valence-electron chi connectivity index (χ4n) is 5.56. The van der Waals surface area contributed by atoms with E-state index in [2.05, 4.69) is 136 Å². The zero-order chi connectivity index (χ0) is 27.2. The number of allylic oxidation sites excluding steroid dienone is 1. The van der Waals surface area contributed by atoms with E-state index < -0.39 is 0 Å². The summed E-state index contributed by atoms with van der Waals surface area (Å²) in [5.74, 6) is 2.10. The van der Waals surface area contributed by atoms with Crippen LogP contribution in [0.1, 0.15) is 41.7 Å². The summed E-state index contributed by atoms with van der Waals surface area (Å²) in [5.41, 5.74) is 13.6. The first kappa shape index (κ1) is 27.2. The van der Waals surface area contributed by atoms with Gasteiger partial charge in [0.2, 0.25) is 0 Å². The van der Waals surface area contributed by atoms with E-state index >= 15 is 0 Å². The maximum absolute atomic E-state index is 4.20. The van der Waals surface area contributed by atoms with Crippen LogP contribution in [-0.4, -0.2) is 30.3 Å². The van der Waals surface area contributed by atoms with Gasteiger partial charge < -0.3 is 0 Å². The van der Waals surface area contributed by atoms with Crippen LogP contribution < -0.4 is 0 Å². The summed E-state index contributed by atoms with van der Waals surface area (Å²) in [6, 6.07) is 38.5. The summed E-state index contributed by atoms with van der Waals surface area (Å²) < 4.78 is 0. The minimum atomic E-state index is 0.438. The number of fused-ring (bicyclic) bond motifs is 1. The van der Waals surface area contributed by atoms with Gasteiger partial charge in [-0.3, -0.25) is 4.90 Å². The highest BCUT2D eigenvalue weighted by molar-refractivity contribution is 7.98. The molecule has 0 bridgehead atoms. The molecule has 39 heavy (non-hydrogen) atoms. The number of nitrogens with zero attached hydrogens (tertiary/aromatic N) is 1. The van der Waals surface area contributed by atoms with E-state index in [1.165, 1.54) is 55.7 Å². The van der Waals surface area contributed by atoms with Gasteiger partial charge in [-0.2, -0.15) is 11.8 Å². The van der Waals surface area contributed by atoms with Crippen LogP contribution in [0.3, 0.4) is 0 Å². The molecule has 2 heteroatoms. The average molecular weight is 530 g/mol. The van der Waals surface area contributed by atoms with Gasteiger partial charge in [0.05, 0.1) is 0 Å². The van der Waals surface area contributed by atoms with Gasteiger partial charge in [-0.1, -0.05) is 128 Å². The first-order chi connectivity index (χ1) is 19.0. The summed E-state index contributed by atoms with van der Waals surface area (Å²) in [5, 5.41) is 0. The lowest BCUT2D eigenvalue weighted by Crippen LogP contribution is -2.34. The van der Waals surface area contributed by atoms with E-state index in [-0.39, 0.29) is 0 Å². The van der Waals surface area contributed by atoms with Crippen molar-refractivity contribution in [2.45, 2.75) is 38.5 Å². The molecule has 0 aliphatic heterocycles. The maximum atomic E-state index is 4.20. The average Bonchev–Trinajstić information content (AvgIpc) is 3.33. The van der Waals surface area contributed by atoms with Crippen molar-refractivity contribution in [2.75, 3.05) is 19.3 Å². The van der Waals surface area contributed by atoms with Crippen molar-refractivity contribution in [1.29, 1.82) is 0 Å². The number of hydrogen-bond acceptors (Lipinski definition) is 2. The van der Waals surface area contributed by atoms with Crippen LogP contribution in [0.2, 0.25) is 0 Å². The Morgan fingerprint density at radius 1 is 0.795 bits per heavy atom. The Morgan fingerprint density at radius 3 is 2.08 bits per heavy atom. The quantitative estimate of drug-likeness (QED) is 0.178. The molecule has 1 unspecified atom stereocenters. The van der Waals surface area contributed by atoms with Crippen LogP contribution in [0.15, 0.2) is 121 Å². The monoisotopic (exact) mass is 529 g/mol. The fourth-order valence-corrected chi connectivity index (χ4v) is 6.87. The van der Waals surface area contributed by atoms with Crippen LogP contribution in [0.5, 0.6) is 0 Å². The maximum Gasteiger partial charge on any atom is 0.0389 e. The van der Waals surface area contributed by atoms with E-state index in [1.54, 1.807) is 0 Å². The highest BCUT2D eigenvalue weighted by atomic mass is 32.2. The van der Waals surface area contributed by atoms with Crippen molar-refractivity contribution < 1.29 is 0 Å². The van der Waals surface area contributed by atoms with Crippen molar-refractivity contribution in [3.05, 3.63) is 149 Å². The Hall–Kier alpha value is -3.33. The second kappa shape index (κ2) is 12.7. The predicted octanol–water partition coefficient (Wildman–Crippen LogP) is 9.08. The molecule has 0 saturated carbocycles. The molecule has 0 saturated heterocycles. The first-order valence-electron chi connectivity index (χ1n) is 14.0. The van der Waals surface area contributed by atoms with Crippen LogP contribution in [0, 0.1) is 0 Å². The Balaban J connectivity index is 1.30. The molecule has 1 atom stereocenters. The zero-order valence-electron chi connectivity index (χ0n) is 23.5. The highest BCUT2D eigenvalue weighted by Crippen LogP contribution is 2.39. The third kappa shape index (κ3) is 6.46. The van der Waals surface area contributed by atoms with Gasteiger partial charge in [0.25, 0.3) is 0 Å². The van der Waals surface area contributed by atoms with E-state index in [0.717, 1.165) is 30.9 Å². The smallest absolute Gasteiger partial charge is 0.0389 e. The van der Waals surface area contributed by atoms with Crippen molar-refractivity contribution in [3.8, 4) is 11.1 Å². The number of hydrogen-bond donors (Lipinski definition) is 0. The van der Waals surface area contributed by atoms with E-state index in [9.17, 15) is 0 Å². The van der Waals surface area contributed by atoms with Gasteiger partial charge in [0, 0.05) is 17.5 Å². The van der Waals surface area contributed by atoms with Crippen molar-refractivity contribution in [1.82, 2.24) is 4.90 Å². The summed E-state index contributed by atoms with van der Waals surface area (Å²) in [6.07, 6.45) is 2.03. The molecule has 0 aromatic heterocycles. The molecule has 1 nitrogen and oxygen atoms in total. The molecule has 198 valence electrons. The first-order valence-corrected chi connectivity index (χ1v) is 15.2. The van der Waals surface area contributed by atoms with Crippen LogP contribution in [-0.2, 0) is 18.6 Å². The molecule has 5 rings (SSSR count). The lowest BCUT2D eigenvalue weighted by molar-refractivity contribution is 0.307. The Morgan fingerprint density at radius 2 is 1.41 bits per heavy atom.